The van der Waals surface area contributed by atoms with Gasteiger partial charge in [-0.2, -0.15) is 0 Å². The summed E-state index contributed by atoms with van der Waals surface area (Å²) in [5.74, 6) is -2.78. The molecule has 0 radical (unpaired) electrons. The van der Waals surface area contributed by atoms with Gasteiger partial charge in [0.05, 0.1) is 11.5 Å². The smallest absolute Gasteiger partial charge is 0.240 e. The second kappa shape index (κ2) is 9.45. The molecule has 11 heteroatoms. The number of fused-ring (bicyclic) bond motifs is 1. The lowest BCUT2D eigenvalue weighted by Crippen LogP contribution is -2.32. The average molecular weight is 444 g/mol. The Morgan fingerprint density at radius 1 is 1.07 bits per heavy atom. The zero-order chi connectivity index (χ0) is 21.7. The minimum atomic E-state index is -4.08. The summed E-state index contributed by atoms with van der Waals surface area (Å²) in [6.45, 7) is 0.262. The molecule has 0 fully saturated rings. The van der Waals surface area contributed by atoms with Crippen LogP contribution < -0.4 is 14.8 Å². The lowest BCUT2D eigenvalue weighted by atomic mass is 10.1. The van der Waals surface area contributed by atoms with Crippen LogP contribution in [0.15, 0.2) is 35.2 Å². The molecular formula is C19H19F3N2O5S. The molecular weight excluding hydrogens is 425 g/mol. The van der Waals surface area contributed by atoms with Gasteiger partial charge in [-0.3, -0.25) is 4.79 Å². The highest BCUT2D eigenvalue weighted by Gasteiger charge is 2.18. The maximum Gasteiger partial charge on any atom is 0.240 e. The van der Waals surface area contributed by atoms with Crippen molar-refractivity contribution in [2.75, 3.05) is 19.9 Å². The SMILES string of the molecule is O=C(CCNS(=O)(=O)c1ccc(F)c(F)c1)NCCc1cc(F)cc2c1OCOC2. The number of hydrogen-bond donors (Lipinski definition) is 2. The predicted octanol–water partition coefficient (Wildman–Crippen LogP) is 2.00. The fraction of sp³-hybridized carbons (Fsp3) is 0.316. The maximum absolute atomic E-state index is 13.7. The molecule has 2 aromatic rings. The number of nitrogens with one attached hydrogen (secondary N) is 2. The molecule has 0 unspecified atom stereocenters. The van der Waals surface area contributed by atoms with Crippen molar-refractivity contribution in [3.63, 3.8) is 0 Å². The van der Waals surface area contributed by atoms with Gasteiger partial charge in [0.25, 0.3) is 0 Å². The van der Waals surface area contributed by atoms with Gasteiger partial charge in [0.15, 0.2) is 18.4 Å². The number of sulfonamides is 1. The van der Waals surface area contributed by atoms with E-state index in [4.69, 9.17) is 9.47 Å². The number of ether oxygens (including phenoxy) is 2. The van der Waals surface area contributed by atoms with Gasteiger partial charge in [-0.25, -0.2) is 26.3 Å². The molecule has 0 spiro atoms. The molecule has 3 rings (SSSR count). The number of carbonyl (C=O) groups excluding carboxylic acids is 1. The number of benzene rings is 2. The molecule has 0 saturated heterocycles. The minimum absolute atomic E-state index is 0.0656. The molecule has 1 aliphatic heterocycles. The first-order valence-corrected chi connectivity index (χ1v) is 10.5. The van der Waals surface area contributed by atoms with E-state index in [1.54, 1.807) is 0 Å². The topological polar surface area (TPSA) is 93.7 Å². The van der Waals surface area contributed by atoms with Gasteiger partial charge in [-0.15, -0.1) is 0 Å². The highest BCUT2D eigenvalue weighted by Crippen LogP contribution is 2.29. The van der Waals surface area contributed by atoms with Crippen LogP contribution in [0.25, 0.3) is 0 Å². The third-order valence-corrected chi connectivity index (χ3v) is 5.77. The fourth-order valence-electron chi connectivity index (χ4n) is 2.89. The highest BCUT2D eigenvalue weighted by molar-refractivity contribution is 7.89. The second-order valence-corrected chi connectivity index (χ2v) is 8.25. The number of halogens is 3. The van der Waals surface area contributed by atoms with Gasteiger partial charge in [0.1, 0.15) is 11.6 Å². The Morgan fingerprint density at radius 3 is 2.63 bits per heavy atom. The van der Waals surface area contributed by atoms with Crippen molar-refractivity contribution < 1.29 is 35.9 Å². The molecule has 2 N–H and O–H groups in total. The molecule has 2 aromatic carbocycles. The lowest BCUT2D eigenvalue weighted by Gasteiger charge is -2.21. The Morgan fingerprint density at radius 2 is 1.87 bits per heavy atom. The zero-order valence-electron chi connectivity index (χ0n) is 15.7. The molecule has 0 saturated carbocycles. The number of rotatable bonds is 8. The second-order valence-electron chi connectivity index (χ2n) is 6.49. The third-order valence-electron chi connectivity index (χ3n) is 4.31. The van der Waals surface area contributed by atoms with Crippen molar-refractivity contribution in [1.29, 1.82) is 0 Å². The molecule has 7 nitrogen and oxygen atoms in total. The fourth-order valence-corrected chi connectivity index (χ4v) is 3.94. The van der Waals surface area contributed by atoms with Gasteiger partial charge >= 0.3 is 0 Å². The molecule has 1 heterocycles. The standard InChI is InChI=1S/C19H19F3N2O5S/c20-14-7-12(19-13(8-14)10-28-11-29-19)3-5-23-18(25)4-6-24-30(26,27)15-1-2-16(21)17(22)9-15/h1-2,7-9,24H,3-6,10-11H2,(H,23,25). The van der Waals surface area contributed by atoms with Crippen LogP contribution >= 0.6 is 0 Å². The van der Waals surface area contributed by atoms with Crippen molar-refractivity contribution in [3.05, 3.63) is 58.9 Å². The summed E-state index contributed by atoms with van der Waals surface area (Å²) in [5.41, 5.74) is 1.18. The first-order valence-electron chi connectivity index (χ1n) is 8.99. The van der Waals surface area contributed by atoms with Crippen molar-refractivity contribution in [2.24, 2.45) is 0 Å². The largest absolute Gasteiger partial charge is 0.467 e. The first-order chi connectivity index (χ1) is 14.3. The van der Waals surface area contributed by atoms with E-state index in [9.17, 15) is 26.4 Å². The van der Waals surface area contributed by atoms with Gasteiger partial charge in [0.2, 0.25) is 15.9 Å². The summed E-state index contributed by atoms with van der Waals surface area (Å²) >= 11 is 0. The molecule has 0 aliphatic carbocycles. The van der Waals surface area contributed by atoms with Crippen molar-refractivity contribution in [3.8, 4) is 5.75 Å². The summed E-state index contributed by atoms with van der Waals surface area (Å²) < 4.78 is 76.6. The van der Waals surface area contributed by atoms with Gasteiger partial charge in [0, 0.05) is 25.1 Å². The Labute approximate surface area is 171 Å². The Balaban J connectivity index is 1.47. The number of amides is 1. The van der Waals surface area contributed by atoms with E-state index in [2.05, 4.69) is 10.0 Å². The molecule has 30 heavy (non-hydrogen) atoms. The summed E-state index contributed by atoms with van der Waals surface area (Å²) in [6, 6.07) is 4.84. The summed E-state index contributed by atoms with van der Waals surface area (Å²) in [6.07, 6.45) is 0.140. The number of hydrogen-bond acceptors (Lipinski definition) is 5. The minimum Gasteiger partial charge on any atom is -0.467 e. The van der Waals surface area contributed by atoms with Crippen LogP contribution in [0.5, 0.6) is 5.75 Å². The van der Waals surface area contributed by atoms with Crippen molar-refractivity contribution in [2.45, 2.75) is 24.3 Å². The van der Waals surface area contributed by atoms with E-state index in [1.165, 1.54) is 12.1 Å². The summed E-state index contributed by atoms with van der Waals surface area (Å²) in [4.78, 5) is 11.5. The van der Waals surface area contributed by atoms with Crippen LogP contribution in [0.1, 0.15) is 17.5 Å². The quantitative estimate of drug-likeness (QED) is 0.650. The Hall–Kier alpha value is -2.63. The first kappa shape index (κ1) is 22.1. The maximum atomic E-state index is 13.7. The van der Waals surface area contributed by atoms with E-state index in [1.807, 2.05) is 0 Å². The van der Waals surface area contributed by atoms with Crippen LogP contribution in [0.4, 0.5) is 13.2 Å². The van der Waals surface area contributed by atoms with Crippen LogP contribution in [0.2, 0.25) is 0 Å². The normalized spacial score (nSPS) is 13.4. The van der Waals surface area contributed by atoms with E-state index in [-0.39, 0.29) is 32.9 Å². The summed E-state index contributed by atoms with van der Waals surface area (Å²) in [5, 5.41) is 2.61. The Bertz CT molecular complexity index is 1050. The molecule has 162 valence electrons. The summed E-state index contributed by atoms with van der Waals surface area (Å²) in [7, 11) is -4.08. The molecule has 1 aliphatic rings. The van der Waals surface area contributed by atoms with Crippen molar-refractivity contribution in [1.82, 2.24) is 10.0 Å². The van der Waals surface area contributed by atoms with E-state index in [0.29, 0.717) is 35.4 Å². The van der Waals surface area contributed by atoms with E-state index < -0.39 is 38.3 Å². The third kappa shape index (κ3) is 5.49. The predicted molar refractivity (Wildman–Crippen MR) is 99.6 cm³/mol. The monoisotopic (exact) mass is 444 g/mol. The van der Waals surface area contributed by atoms with E-state index >= 15 is 0 Å². The van der Waals surface area contributed by atoms with Crippen LogP contribution in [-0.2, 0) is 32.6 Å². The molecule has 0 bridgehead atoms. The lowest BCUT2D eigenvalue weighted by molar-refractivity contribution is -0.120. The van der Waals surface area contributed by atoms with Crippen LogP contribution in [0, 0.1) is 17.5 Å². The van der Waals surface area contributed by atoms with Gasteiger partial charge in [-0.1, -0.05) is 0 Å². The zero-order valence-corrected chi connectivity index (χ0v) is 16.5. The van der Waals surface area contributed by atoms with Crippen molar-refractivity contribution >= 4 is 15.9 Å². The van der Waals surface area contributed by atoms with E-state index in [0.717, 1.165) is 6.07 Å². The highest BCUT2D eigenvalue weighted by atomic mass is 32.2. The Kier molecular flexibility index (Phi) is 6.95. The molecule has 1 amide bonds. The van der Waals surface area contributed by atoms with Gasteiger partial charge in [-0.05, 0) is 42.3 Å². The van der Waals surface area contributed by atoms with Crippen LogP contribution in [0.3, 0.4) is 0 Å². The number of carbonyl (C=O) groups is 1. The molecule has 0 aromatic heterocycles. The average Bonchev–Trinajstić information content (AvgIpc) is 2.69. The molecule has 0 atom stereocenters. The van der Waals surface area contributed by atoms with Crippen LogP contribution in [-0.4, -0.2) is 34.2 Å². The van der Waals surface area contributed by atoms with Gasteiger partial charge < -0.3 is 14.8 Å².